The summed E-state index contributed by atoms with van der Waals surface area (Å²) in [7, 11) is 0. The molecule has 5 nitrogen and oxygen atoms in total. The molecule has 1 saturated heterocycles. The van der Waals surface area contributed by atoms with Gasteiger partial charge in [-0.2, -0.15) is 13.2 Å². The monoisotopic (exact) mass is 310 g/mol. The molecule has 0 aromatic carbocycles. The second kappa shape index (κ2) is 7.51. The molecule has 122 valence electrons. The van der Waals surface area contributed by atoms with E-state index in [0.29, 0.717) is 12.8 Å². The molecule has 21 heavy (non-hydrogen) atoms. The number of alkyl halides is 3. The van der Waals surface area contributed by atoms with E-state index in [1.54, 1.807) is 0 Å². The zero-order valence-corrected chi connectivity index (χ0v) is 11.9. The summed E-state index contributed by atoms with van der Waals surface area (Å²) >= 11 is 0. The number of carboxylic acids is 1. The van der Waals surface area contributed by atoms with Crippen LogP contribution in [0.2, 0.25) is 0 Å². The Morgan fingerprint density at radius 2 is 1.90 bits per heavy atom. The van der Waals surface area contributed by atoms with Crippen LogP contribution in [-0.2, 0) is 4.79 Å². The van der Waals surface area contributed by atoms with Crippen molar-refractivity contribution in [2.45, 2.75) is 51.2 Å². The van der Waals surface area contributed by atoms with Crippen molar-refractivity contribution in [1.29, 1.82) is 0 Å². The summed E-state index contributed by atoms with van der Waals surface area (Å²) < 4.78 is 37.6. The van der Waals surface area contributed by atoms with E-state index < -0.39 is 30.1 Å². The average molecular weight is 310 g/mol. The van der Waals surface area contributed by atoms with Gasteiger partial charge in [0, 0.05) is 13.1 Å². The van der Waals surface area contributed by atoms with Crippen LogP contribution in [0.15, 0.2) is 0 Å². The molecule has 0 aromatic heterocycles. The van der Waals surface area contributed by atoms with Crippen LogP contribution in [-0.4, -0.2) is 47.3 Å². The largest absolute Gasteiger partial charge is 0.480 e. The normalized spacial score (nSPS) is 18.4. The van der Waals surface area contributed by atoms with Crippen LogP contribution < -0.4 is 5.32 Å². The summed E-state index contributed by atoms with van der Waals surface area (Å²) in [5, 5.41) is 11.4. The van der Waals surface area contributed by atoms with Gasteiger partial charge in [-0.05, 0) is 19.3 Å². The first kappa shape index (κ1) is 17.6. The first-order valence-electron chi connectivity index (χ1n) is 7.10. The number of likely N-dealkylation sites (tertiary alicyclic amines) is 1. The summed E-state index contributed by atoms with van der Waals surface area (Å²) in [5.74, 6) is -2.50. The van der Waals surface area contributed by atoms with Gasteiger partial charge in [0.15, 0.2) is 0 Å². The van der Waals surface area contributed by atoms with E-state index in [9.17, 15) is 22.8 Å². The van der Waals surface area contributed by atoms with Gasteiger partial charge in [0.25, 0.3) is 0 Å². The highest BCUT2D eigenvalue weighted by atomic mass is 19.4. The molecular formula is C13H21F3N2O3. The van der Waals surface area contributed by atoms with Crippen LogP contribution in [0.25, 0.3) is 0 Å². The minimum Gasteiger partial charge on any atom is -0.480 e. The Balaban J connectivity index is 2.47. The molecular weight excluding hydrogens is 289 g/mol. The third-order valence-electron chi connectivity index (χ3n) is 3.69. The highest BCUT2D eigenvalue weighted by molar-refractivity contribution is 5.82. The maximum atomic E-state index is 12.5. The summed E-state index contributed by atoms with van der Waals surface area (Å²) in [6, 6.07) is -1.59. The van der Waals surface area contributed by atoms with Gasteiger partial charge in [-0.15, -0.1) is 0 Å². The molecule has 0 radical (unpaired) electrons. The number of nitrogens with zero attached hydrogens (tertiary/aromatic N) is 1. The van der Waals surface area contributed by atoms with Gasteiger partial charge in [-0.1, -0.05) is 19.8 Å². The van der Waals surface area contributed by atoms with E-state index in [2.05, 4.69) is 5.32 Å². The SMILES string of the molecule is CCCC[C@H](NC(=O)N1CCC(C(F)(F)F)CC1)C(=O)O. The number of rotatable bonds is 5. The third-order valence-corrected chi connectivity index (χ3v) is 3.69. The number of unbranched alkanes of at least 4 members (excludes halogenated alkanes) is 1. The smallest absolute Gasteiger partial charge is 0.391 e. The average Bonchev–Trinajstić information content (AvgIpc) is 2.42. The predicted molar refractivity (Wildman–Crippen MR) is 69.8 cm³/mol. The molecule has 0 spiro atoms. The molecule has 1 fully saturated rings. The third kappa shape index (κ3) is 5.43. The molecule has 2 N–H and O–H groups in total. The molecule has 1 heterocycles. The van der Waals surface area contributed by atoms with Crippen molar-refractivity contribution in [1.82, 2.24) is 10.2 Å². The Morgan fingerprint density at radius 3 is 2.33 bits per heavy atom. The lowest BCUT2D eigenvalue weighted by Gasteiger charge is -2.33. The van der Waals surface area contributed by atoms with E-state index in [0.717, 1.165) is 6.42 Å². The second-order valence-electron chi connectivity index (χ2n) is 5.29. The maximum absolute atomic E-state index is 12.5. The van der Waals surface area contributed by atoms with Crippen LogP contribution in [0.3, 0.4) is 0 Å². The fraction of sp³-hybridized carbons (Fsp3) is 0.846. The molecule has 1 atom stereocenters. The van der Waals surface area contributed by atoms with E-state index >= 15 is 0 Å². The number of carbonyl (C=O) groups is 2. The van der Waals surface area contributed by atoms with Crippen molar-refractivity contribution in [3.05, 3.63) is 0 Å². The standard InChI is InChI=1S/C13H21F3N2O3/c1-2-3-4-10(11(19)20)17-12(21)18-7-5-9(6-8-18)13(14,15)16/h9-10H,2-8H2,1H3,(H,17,21)(H,19,20)/t10-/m0/s1. The maximum Gasteiger partial charge on any atom is 0.391 e. The Bertz CT molecular complexity index is 366. The van der Waals surface area contributed by atoms with E-state index in [-0.39, 0.29) is 25.9 Å². The summed E-state index contributed by atoms with van der Waals surface area (Å²) in [6.07, 6.45) is -2.72. The number of urea groups is 1. The zero-order valence-electron chi connectivity index (χ0n) is 11.9. The van der Waals surface area contributed by atoms with Gasteiger partial charge in [0.05, 0.1) is 5.92 Å². The van der Waals surface area contributed by atoms with E-state index in [1.807, 2.05) is 6.92 Å². The van der Waals surface area contributed by atoms with Gasteiger partial charge < -0.3 is 15.3 Å². The minimum atomic E-state index is -4.23. The quantitative estimate of drug-likeness (QED) is 0.820. The summed E-state index contributed by atoms with van der Waals surface area (Å²) in [6.45, 7) is 1.90. The minimum absolute atomic E-state index is 0.00384. The van der Waals surface area contributed by atoms with Crippen molar-refractivity contribution < 1.29 is 27.9 Å². The number of nitrogens with one attached hydrogen (secondary N) is 1. The number of amides is 2. The van der Waals surface area contributed by atoms with Crippen LogP contribution in [0.4, 0.5) is 18.0 Å². The number of carboxylic acid groups (broad SMARTS) is 1. The predicted octanol–water partition coefficient (Wildman–Crippen LogP) is 2.61. The molecule has 1 aliphatic heterocycles. The molecule has 0 aliphatic carbocycles. The van der Waals surface area contributed by atoms with Gasteiger partial charge in [-0.25, -0.2) is 9.59 Å². The Kier molecular flexibility index (Phi) is 6.29. The fourth-order valence-corrected chi connectivity index (χ4v) is 2.32. The highest BCUT2D eigenvalue weighted by Crippen LogP contribution is 2.34. The Morgan fingerprint density at radius 1 is 1.33 bits per heavy atom. The van der Waals surface area contributed by atoms with E-state index in [1.165, 1.54) is 4.90 Å². The van der Waals surface area contributed by atoms with Crippen molar-refractivity contribution in [2.24, 2.45) is 5.92 Å². The van der Waals surface area contributed by atoms with Crippen molar-refractivity contribution >= 4 is 12.0 Å². The summed E-state index contributed by atoms with van der Waals surface area (Å²) in [4.78, 5) is 24.2. The van der Waals surface area contributed by atoms with Crippen molar-refractivity contribution in [2.75, 3.05) is 13.1 Å². The lowest BCUT2D eigenvalue weighted by atomic mass is 9.96. The molecule has 2 amide bonds. The molecule has 1 rings (SSSR count). The van der Waals surface area contributed by atoms with Crippen LogP contribution in [0.5, 0.6) is 0 Å². The van der Waals surface area contributed by atoms with Gasteiger partial charge in [0.1, 0.15) is 6.04 Å². The number of carbonyl (C=O) groups excluding carboxylic acids is 1. The molecule has 0 bridgehead atoms. The molecule has 8 heteroatoms. The second-order valence-corrected chi connectivity index (χ2v) is 5.29. The molecule has 1 aliphatic rings. The Labute approximate surface area is 121 Å². The lowest BCUT2D eigenvalue weighted by Crippen LogP contribution is -2.51. The van der Waals surface area contributed by atoms with Gasteiger partial charge in [-0.3, -0.25) is 0 Å². The number of piperidine rings is 1. The summed E-state index contributed by atoms with van der Waals surface area (Å²) in [5.41, 5.74) is 0. The zero-order chi connectivity index (χ0) is 16.0. The van der Waals surface area contributed by atoms with Crippen molar-refractivity contribution in [3.8, 4) is 0 Å². The first-order chi connectivity index (χ1) is 9.75. The number of hydrogen-bond donors (Lipinski definition) is 2. The van der Waals surface area contributed by atoms with Crippen molar-refractivity contribution in [3.63, 3.8) is 0 Å². The van der Waals surface area contributed by atoms with Crippen LogP contribution in [0.1, 0.15) is 39.0 Å². The number of aliphatic carboxylic acids is 1. The number of halogens is 3. The van der Waals surface area contributed by atoms with Gasteiger partial charge in [0.2, 0.25) is 0 Å². The van der Waals surface area contributed by atoms with E-state index in [4.69, 9.17) is 5.11 Å². The lowest BCUT2D eigenvalue weighted by molar-refractivity contribution is -0.183. The molecule has 0 unspecified atom stereocenters. The number of hydrogen-bond acceptors (Lipinski definition) is 2. The Hall–Kier alpha value is -1.47. The van der Waals surface area contributed by atoms with Crippen LogP contribution >= 0.6 is 0 Å². The molecule has 0 saturated carbocycles. The molecule has 0 aromatic rings. The highest BCUT2D eigenvalue weighted by Gasteiger charge is 2.41. The van der Waals surface area contributed by atoms with Gasteiger partial charge >= 0.3 is 18.2 Å². The topological polar surface area (TPSA) is 69.6 Å². The fourth-order valence-electron chi connectivity index (χ4n) is 2.32. The van der Waals surface area contributed by atoms with Crippen LogP contribution in [0, 0.1) is 5.92 Å². The first-order valence-corrected chi connectivity index (χ1v) is 7.10.